The summed E-state index contributed by atoms with van der Waals surface area (Å²) in [5, 5.41) is 0. The Morgan fingerprint density at radius 3 is 2.53 bits per heavy atom. The van der Waals surface area contributed by atoms with Crippen molar-refractivity contribution < 1.29 is 8.42 Å². The molecule has 1 unspecified atom stereocenters. The second kappa shape index (κ2) is 5.93. The largest absolute Gasteiger partial charge is 0.242 e. The van der Waals surface area contributed by atoms with E-state index >= 15 is 0 Å². The van der Waals surface area contributed by atoms with Gasteiger partial charge in [0.05, 0.1) is 15.3 Å². The fraction of sp³-hybridized carbons (Fsp3) is 0.167. The molecule has 2 aromatic rings. The van der Waals surface area contributed by atoms with Crippen molar-refractivity contribution in [1.82, 2.24) is 4.72 Å². The van der Waals surface area contributed by atoms with Crippen LogP contribution in [0.2, 0.25) is 4.34 Å². The zero-order valence-corrected chi connectivity index (χ0v) is 13.9. The van der Waals surface area contributed by atoms with Crippen LogP contribution in [0.3, 0.4) is 0 Å². The van der Waals surface area contributed by atoms with E-state index in [4.69, 9.17) is 11.6 Å². The molecule has 3 nitrogen and oxygen atoms in total. The predicted molar refractivity (Wildman–Crippen MR) is 82.2 cm³/mol. The minimum absolute atomic E-state index is 0.226. The third-order valence-electron chi connectivity index (χ3n) is 2.48. The van der Waals surface area contributed by atoms with Crippen LogP contribution in [0.4, 0.5) is 0 Å². The summed E-state index contributed by atoms with van der Waals surface area (Å²) in [6, 6.07) is 9.96. The van der Waals surface area contributed by atoms with Gasteiger partial charge in [0.15, 0.2) is 0 Å². The van der Waals surface area contributed by atoms with Gasteiger partial charge in [-0.25, -0.2) is 13.1 Å². The Kier molecular flexibility index (Phi) is 4.68. The number of nitrogens with one attached hydrogen (secondary N) is 1. The lowest BCUT2D eigenvalue weighted by atomic mass is 10.3. The second-order valence-electron chi connectivity index (χ2n) is 3.92. The minimum atomic E-state index is -3.56. The molecule has 0 saturated carbocycles. The lowest BCUT2D eigenvalue weighted by Gasteiger charge is -2.13. The average molecular weight is 381 g/mol. The lowest BCUT2D eigenvalue weighted by molar-refractivity contribution is 0.568. The second-order valence-corrected chi connectivity index (χ2v) is 8.20. The molecule has 0 saturated heterocycles. The van der Waals surface area contributed by atoms with E-state index in [0.717, 1.165) is 4.88 Å². The molecule has 0 radical (unpaired) electrons. The maximum absolute atomic E-state index is 12.3. The van der Waals surface area contributed by atoms with Crippen LogP contribution >= 0.6 is 38.9 Å². The van der Waals surface area contributed by atoms with E-state index in [2.05, 4.69) is 20.7 Å². The van der Waals surface area contributed by atoms with E-state index in [-0.39, 0.29) is 10.9 Å². The molecular weight excluding hydrogens is 370 g/mol. The number of sulfonamides is 1. The number of rotatable bonds is 4. The van der Waals surface area contributed by atoms with Gasteiger partial charge in [-0.1, -0.05) is 23.7 Å². The maximum Gasteiger partial charge on any atom is 0.242 e. The van der Waals surface area contributed by atoms with Gasteiger partial charge in [0, 0.05) is 9.35 Å². The molecular formula is C12H11BrClNO2S2. The van der Waals surface area contributed by atoms with Gasteiger partial charge in [-0.05, 0) is 47.1 Å². The lowest BCUT2D eigenvalue weighted by Crippen LogP contribution is -2.26. The Labute approximate surface area is 129 Å². The van der Waals surface area contributed by atoms with Crippen molar-refractivity contribution in [2.75, 3.05) is 0 Å². The van der Waals surface area contributed by atoms with Crippen LogP contribution in [0.25, 0.3) is 0 Å². The van der Waals surface area contributed by atoms with E-state index < -0.39 is 10.0 Å². The molecule has 1 N–H and O–H groups in total. The first kappa shape index (κ1) is 15.0. The third kappa shape index (κ3) is 3.58. The van der Waals surface area contributed by atoms with Crippen molar-refractivity contribution in [3.63, 3.8) is 0 Å². The minimum Gasteiger partial charge on any atom is -0.207 e. The SMILES string of the molecule is CC(NS(=O)(=O)c1ccccc1Br)c1ccc(Cl)s1. The molecule has 102 valence electrons. The third-order valence-corrected chi connectivity index (χ3v) is 6.45. The Bertz CT molecular complexity index is 685. The summed E-state index contributed by atoms with van der Waals surface area (Å²) < 4.78 is 28.4. The van der Waals surface area contributed by atoms with Gasteiger partial charge in [-0.2, -0.15) is 0 Å². The molecule has 0 aliphatic heterocycles. The summed E-state index contributed by atoms with van der Waals surface area (Å²) >= 11 is 10.5. The molecule has 1 aromatic carbocycles. The number of benzene rings is 1. The summed E-state index contributed by atoms with van der Waals surface area (Å²) in [5.41, 5.74) is 0. The Hall–Kier alpha value is -0.400. The monoisotopic (exact) mass is 379 g/mol. The Morgan fingerprint density at radius 2 is 1.95 bits per heavy atom. The van der Waals surface area contributed by atoms with Gasteiger partial charge < -0.3 is 0 Å². The summed E-state index contributed by atoms with van der Waals surface area (Å²) in [4.78, 5) is 1.10. The highest BCUT2D eigenvalue weighted by atomic mass is 79.9. The summed E-state index contributed by atoms with van der Waals surface area (Å²) in [5.74, 6) is 0. The van der Waals surface area contributed by atoms with Gasteiger partial charge in [0.2, 0.25) is 10.0 Å². The van der Waals surface area contributed by atoms with Gasteiger partial charge in [-0.3, -0.25) is 0 Å². The first-order valence-corrected chi connectivity index (χ1v) is 8.89. The molecule has 0 bridgehead atoms. The fourth-order valence-corrected chi connectivity index (χ4v) is 4.94. The molecule has 7 heteroatoms. The highest BCUT2D eigenvalue weighted by Gasteiger charge is 2.21. The van der Waals surface area contributed by atoms with Crippen LogP contribution in [0.5, 0.6) is 0 Å². The summed E-state index contributed by atoms with van der Waals surface area (Å²) in [6.45, 7) is 1.79. The zero-order valence-electron chi connectivity index (χ0n) is 9.93. The van der Waals surface area contributed by atoms with Gasteiger partial charge in [-0.15, -0.1) is 11.3 Å². The van der Waals surface area contributed by atoms with Crippen molar-refractivity contribution >= 4 is 48.9 Å². The molecule has 1 heterocycles. The van der Waals surface area contributed by atoms with Crippen molar-refractivity contribution in [3.8, 4) is 0 Å². The van der Waals surface area contributed by atoms with Crippen molar-refractivity contribution in [2.45, 2.75) is 17.9 Å². The summed E-state index contributed by atoms with van der Waals surface area (Å²) in [7, 11) is -3.56. The van der Waals surface area contributed by atoms with Crippen LogP contribution in [0.1, 0.15) is 17.8 Å². The topological polar surface area (TPSA) is 46.2 Å². The van der Waals surface area contributed by atoms with Crippen molar-refractivity contribution in [2.24, 2.45) is 0 Å². The quantitative estimate of drug-likeness (QED) is 0.864. The van der Waals surface area contributed by atoms with Crippen LogP contribution < -0.4 is 4.72 Å². The van der Waals surface area contributed by atoms with Gasteiger partial charge >= 0.3 is 0 Å². The van der Waals surface area contributed by atoms with E-state index in [9.17, 15) is 8.42 Å². The highest BCUT2D eigenvalue weighted by molar-refractivity contribution is 9.10. The first-order valence-electron chi connectivity index (χ1n) is 5.42. The van der Waals surface area contributed by atoms with E-state index in [1.165, 1.54) is 11.3 Å². The number of thiophene rings is 1. The Morgan fingerprint density at radius 1 is 1.26 bits per heavy atom. The standard InChI is InChI=1S/C12H11BrClNO2S2/c1-8(10-6-7-12(14)18-10)15-19(16,17)11-5-3-2-4-9(11)13/h2-8,15H,1H3. The molecule has 0 aliphatic rings. The van der Waals surface area contributed by atoms with Gasteiger partial charge in [0.1, 0.15) is 0 Å². The molecule has 0 fully saturated rings. The van der Waals surface area contributed by atoms with E-state index in [0.29, 0.717) is 8.81 Å². The fourth-order valence-electron chi connectivity index (χ4n) is 1.58. The molecule has 1 aromatic heterocycles. The average Bonchev–Trinajstić information content (AvgIpc) is 2.76. The number of halogens is 2. The van der Waals surface area contributed by atoms with Crippen molar-refractivity contribution in [1.29, 1.82) is 0 Å². The molecule has 1 atom stereocenters. The molecule has 19 heavy (non-hydrogen) atoms. The molecule has 2 rings (SSSR count). The van der Waals surface area contributed by atoms with Gasteiger partial charge in [0.25, 0.3) is 0 Å². The Balaban J connectivity index is 2.25. The smallest absolute Gasteiger partial charge is 0.207 e. The normalized spacial score (nSPS) is 13.4. The zero-order chi connectivity index (χ0) is 14.0. The predicted octanol–water partition coefficient (Wildman–Crippen LogP) is 4.20. The summed E-state index contributed by atoms with van der Waals surface area (Å²) in [6.07, 6.45) is 0. The van der Waals surface area contributed by atoms with Crippen molar-refractivity contribution in [3.05, 3.63) is 50.1 Å². The van der Waals surface area contributed by atoms with Crippen LogP contribution in [0, 0.1) is 0 Å². The number of hydrogen-bond donors (Lipinski definition) is 1. The van der Waals surface area contributed by atoms with Crippen LogP contribution in [-0.4, -0.2) is 8.42 Å². The number of hydrogen-bond acceptors (Lipinski definition) is 3. The van der Waals surface area contributed by atoms with Crippen LogP contribution in [-0.2, 0) is 10.0 Å². The molecule has 0 aliphatic carbocycles. The molecule has 0 spiro atoms. The van der Waals surface area contributed by atoms with E-state index in [1.807, 2.05) is 6.07 Å². The molecule has 0 amide bonds. The van der Waals surface area contributed by atoms with E-state index in [1.54, 1.807) is 37.3 Å². The highest BCUT2D eigenvalue weighted by Crippen LogP contribution is 2.28. The van der Waals surface area contributed by atoms with Crippen LogP contribution in [0.15, 0.2) is 45.8 Å². The maximum atomic E-state index is 12.3. The first-order chi connectivity index (χ1) is 8.90.